The Bertz CT molecular complexity index is 1730. The van der Waals surface area contributed by atoms with E-state index in [1.54, 1.807) is 0 Å². The van der Waals surface area contributed by atoms with Crippen molar-refractivity contribution >= 4 is 35.1 Å². The summed E-state index contributed by atoms with van der Waals surface area (Å²) in [4.78, 5) is 3.61. The number of hydrogen-bond donors (Lipinski definition) is 3. The van der Waals surface area contributed by atoms with Gasteiger partial charge in [0, 0.05) is 49.8 Å². The monoisotopic (exact) mass is 692 g/mol. The van der Waals surface area contributed by atoms with Gasteiger partial charge in [0.1, 0.15) is 24.7 Å². The second-order valence-electron chi connectivity index (χ2n) is 12.8. The van der Waals surface area contributed by atoms with Crippen molar-refractivity contribution in [3.8, 4) is 11.5 Å². The lowest BCUT2D eigenvalue weighted by molar-refractivity contribution is 0.183. The molecule has 0 fully saturated rings. The van der Waals surface area contributed by atoms with Crippen LogP contribution in [0.5, 0.6) is 11.5 Å². The smallest absolute Gasteiger partial charge is 0.301 e. The zero-order valence-electron chi connectivity index (χ0n) is 29.1. The maximum Gasteiger partial charge on any atom is 0.301 e. The van der Waals surface area contributed by atoms with Crippen molar-refractivity contribution in [3.05, 3.63) is 89.1 Å². The van der Waals surface area contributed by atoms with Gasteiger partial charge in [-0.1, -0.05) is 57.2 Å². The molecule has 0 aliphatic heterocycles. The van der Waals surface area contributed by atoms with Crippen LogP contribution >= 0.6 is 0 Å². The van der Waals surface area contributed by atoms with Gasteiger partial charge in [-0.2, -0.15) is 12.7 Å². The number of hydrogen-bond acceptors (Lipinski definition) is 6. The second-order valence-corrected chi connectivity index (χ2v) is 19.4. The summed E-state index contributed by atoms with van der Waals surface area (Å²) in [5.41, 5.74) is 6.26. The highest BCUT2D eigenvalue weighted by Gasteiger charge is 2.33. The van der Waals surface area contributed by atoms with Crippen LogP contribution in [0.1, 0.15) is 62.1 Å². The molecule has 0 bridgehead atoms. The molecule has 11 heteroatoms. The molecule has 0 saturated carbocycles. The van der Waals surface area contributed by atoms with E-state index in [-0.39, 0.29) is 6.10 Å². The Morgan fingerprint density at radius 2 is 1.67 bits per heavy atom. The maximum atomic E-state index is 13.0. The van der Waals surface area contributed by atoms with E-state index in [2.05, 4.69) is 54.0 Å². The van der Waals surface area contributed by atoms with Gasteiger partial charge in [-0.15, -0.1) is 0 Å². The van der Waals surface area contributed by atoms with Gasteiger partial charge in [0.05, 0.1) is 11.8 Å². The normalized spacial score (nSPS) is 14.2. The first-order valence-corrected chi connectivity index (χ1v) is 21.3. The highest BCUT2D eigenvalue weighted by molar-refractivity contribution is 7.90. The third-order valence-electron chi connectivity index (χ3n) is 9.60. The maximum absolute atomic E-state index is 13.0. The fraction of sp³-hybridized carbons (Fsp3) is 0.459. The number of H-pyrrole nitrogens is 1. The van der Waals surface area contributed by atoms with Crippen molar-refractivity contribution in [3.63, 3.8) is 0 Å². The fourth-order valence-electron chi connectivity index (χ4n) is 6.41. The predicted molar refractivity (Wildman–Crippen MR) is 198 cm³/mol. The Hall–Kier alpha value is -3.35. The van der Waals surface area contributed by atoms with Gasteiger partial charge in [-0.25, -0.2) is 0 Å². The van der Waals surface area contributed by atoms with Crippen LogP contribution in [0.25, 0.3) is 10.9 Å². The molecule has 1 aliphatic rings. The largest absolute Gasteiger partial charge is 0.492 e. The van der Waals surface area contributed by atoms with Gasteiger partial charge in [0.25, 0.3) is 0 Å². The molecule has 0 spiro atoms. The van der Waals surface area contributed by atoms with Gasteiger partial charge < -0.3 is 24.2 Å². The molecular formula is C37H52N4O5SSi. The minimum Gasteiger partial charge on any atom is -0.492 e. The Balaban J connectivity index is 1.31. The van der Waals surface area contributed by atoms with E-state index in [0.717, 1.165) is 57.7 Å². The van der Waals surface area contributed by atoms with Gasteiger partial charge in [0.15, 0.2) is 8.32 Å². The molecule has 260 valence electrons. The van der Waals surface area contributed by atoms with Crippen LogP contribution in [0.3, 0.4) is 0 Å². The van der Waals surface area contributed by atoms with Crippen LogP contribution < -0.4 is 19.5 Å². The molecule has 4 aromatic rings. The Kier molecular flexibility index (Phi) is 12.3. The number of anilines is 1. The van der Waals surface area contributed by atoms with Crippen molar-refractivity contribution < 1.29 is 22.3 Å². The minimum absolute atomic E-state index is 0.274. The summed E-state index contributed by atoms with van der Waals surface area (Å²) in [6.07, 6.45) is 4.50. The van der Waals surface area contributed by atoms with Gasteiger partial charge >= 0.3 is 10.2 Å². The van der Waals surface area contributed by atoms with Gasteiger partial charge in [0.2, 0.25) is 0 Å². The minimum atomic E-state index is -3.78. The highest BCUT2D eigenvalue weighted by Crippen LogP contribution is 2.35. The molecule has 1 heterocycles. The van der Waals surface area contributed by atoms with E-state index in [4.69, 9.17) is 13.9 Å². The molecule has 0 saturated heterocycles. The molecule has 3 aromatic carbocycles. The molecule has 5 rings (SSSR count). The zero-order chi connectivity index (χ0) is 34.1. The Labute approximate surface area is 287 Å². The number of aryl methyl sites for hydroxylation is 2. The van der Waals surface area contributed by atoms with E-state index in [1.165, 1.54) is 43.6 Å². The predicted octanol–water partition coefficient (Wildman–Crippen LogP) is 7.58. The van der Waals surface area contributed by atoms with Crippen molar-refractivity contribution in [2.45, 2.75) is 77.3 Å². The van der Waals surface area contributed by atoms with Crippen LogP contribution in [0.4, 0.5) is 5.69 Å². The quantitative estimate of drug-likeness (QED) is 0.0734. The van der Waals surface area contributed by atoms with Crippen molar-refractivity contribution in [1.29, 1.82) is 0 Å². The Morgan fingerprint density at radius 1 is 0.917 bits per heavy atom. The second kappa shape index (κ2) is 16.4. The molecular weight excluding hydrogens is 641 g/mol. The van der Waals surface area contributed by atoms with E-state index >= 15 is 0 Å². The number of nitrogens with zero attached hydrogens (tertiary/aromatic N) is 1. The van der Waals surface area contributed by atoms with Crippen molar-refractivity contribution in [2.24, 2.45) is 0 Å². The van der Waals surface area contributed by atoms with E-state index in [9.17, 15) is 8.42 Å². The molecule has 9 nitrogen and oxygen atoms in total. The van der Waals surface area contributed by atoms with Crippen molar-refractivity contribution in [2.75, 3.05) is 38.5 Å². The molecule has 48 heavy (non-hydrogen) atoms. The first-order valence-electron chi connectivity index (χ1n) is 17.3. The molecule has 1 aromatic heterocycles. The summed E-state index contributed by atoms with van der Waals surface area (Å²) >= 11 is 0. The van der Waals surface area contributed by atoms with E-state index in [0.29, 0.717) is 37.7 Å². The SMILES string of the molecule is CC[Si](CC)(CC)OC(CNCCOc1ccc2c3c([nH]c2c1)CCCC3)c1ccc(OCc2ccccc2)c(NS(=O)(=O)N(C)C)c1. The number of benzene rings is 3. The molecule has 3 N–H and O–H groups in total. The summed E-state index contributed by atoms with van der Waals surface area (Å²) in [5, 5.41) is 4.87. The molecule has 0 amide bonds. The first kappa shape index (κ1) is 35.9. The van der Waals surface area contributed by atoms with Gasteiger partial charge in [-0.05, 0) is 84.8 Å². The lowest BCUT2D eigenvalue weighted by Crippen LogP contribution is -2.40. The molecule has 0 radical (unpaired) electrons. The summed E-state index contributed by atoms with van der Waals surface area (Å²) in [5.74, 6) is 1.31. The number of nitrogens with one attached hydrogen (secondary N) is 3. The highest BCUT2D eigenvalue weighted by atomic mass is 32.2. The summed E-state index contributed by atoms with van der Waals surface area (Å²) in [7, 11) is -2.80. The molecule has 1 aliphatic carbocycles. The van der Waals surface area contributed by atoms with E-state index in [1.807, 2.05) is 48.5 Å². The van der Waals surface area contributed by atoms with Crippen molar-refractivity contribution in [1.82, 2.24) is 14.6 Å². The number of fused-ring (bicyclic) bond motifs is 3. The number of aromatic nitrogens is 1. The molecule has 1 unspecified atom stereocenters. The average molecular weight is 693 g/mol. The number of rotatable bonds is 18. The van der Waals surface area contributed by atoms with Crippen LogP contribution in [-0.2, 0) is 34.1 Å². The third kappa shape index (κ3) is 8.81. The number of ether oxygens (including phenoxy) is 2. The summed E-state index contributed by atoms with van der Waals surface area (Å²) in [6.45, 7) is 8.66. The third-order valence-corrected chi connectivity index (χ3v) is 15.7. The standard InChI is InChI=1S/C37H52N4O5SSi/c1-6-48(7-2,8-3)46-37(26-38-22-23-44-30-19-20-32-31-16-12-13-17-33(31)39-34(32)25-30)29-18-21-36(45-27-28-14-10-9-11-15-28)35(24-29)40-47(42,43)41(4)5/h9-11,14-15,18-21,24-25,37-40H,6-8,12-13,16-17,22-23,26-27H2,1-5H3. The molecule has 1 atom stereocenters. The average Bonchev–Trinajstić information content (AvgIpc) is 3.47. The van der Waals surface area contributed by atoms with E-state index < -0.39 is 18.5 Å². The summed E-state index contributed by atoms with van der Waals surface area (Å²) in [6, 6.07) is 24.9. The van der Waals surface area contributed by atoms with Crippen LogP contribution in [0.2, 0.25) is 18.1 Å². The van der Waals surface area contributed by atoms with Crippen LogP contribution in [0.15, 0.2) is 66.7 Å². The van der Waals surface area contributed by atoms with Crippen LogP contribution in [0, 0.1) is 0 Å². The lowest BCUT2D eigenvalue weighted by Gasteiger charge is -2.34. The topological polar surface area (TPSA) is 105 Å². The Morgan fingerprint density at radius 3 is 2.40 bits per heavy atom. The van der Waals surface area contributed by atoms with Gasteiger partial charge in [-0.3, -0.25) is 4.72 Å². The fourth-order valence-corrected chi connectivity index (χ4v) is 9.85. The number of aromatic amines is 1. The first-order chi connectivity index (χ1) is 23.2. The summed E-state index contributed by atoms with van der Waals surface area (Å²) < 4.78 is 49.2. The lowest BCUT2D eigenvalue weighted by atomic mass is 9.96. The van der Waals surface area contributed by atoms with Crippen LogP contribution in [-0.4, -0.2) is 59.8 Å². The zero-order valence-corrected chi connectivity index (χ0v) is 30.9.